The molecule has 198 valence electrons. The van der Waals surface area contributed by atoms with Crippen LogP contribution in [-0.2, 0) is 12.8 Å². The molecule has 2 rings (SSSR count). The summed E-state index contributed by atoms with van der Waals surface area (Å²) in [7, 11) is 0. The minimum absolute atomic E-state index is 0.136. The molecule has 0 amide bonds. The monoisotopic (exact) mass is 494 g/mol. The molecule has 0 heterocycles. The van der Waals surface area contributed by atoms with Crippen molar-refractivity contribution in [3.05, 3.63) is 57.6 Å². The summed E-state index contributed by atoms with van der Waals surface area (Å²) in [4.78, 5) is 22.5. The summed E-state index contributed by atoms with van der Waals surface area (Å²) in [5.74, 6) is 0.668. The largest absolute Gasteiger partial charge is 0.507 e. The van der Waals surface area contributed by atoms with Gasteiger partial charge in [0.05, 0.1) is 11.1 Å². The Morgan fingerprint density at radius 2 is 0.861 bits per heavy atom. The molecule has 2 N–H and O–H groups in total. The molecular formula is C32H46O4. The van der Waals surface area contributed by atoms with Crippen molar-refractivity contribution in [2.75, 3.05) is 0 Å². The summed E-state index contributed by atoms with van der Waals surface area (Å²) in [5.41, 5.74) is 4.84. The van der Waals surface area contributed by atoms with Crippen LogP contribution in [0.1, 0.15) is 147 Å². The molecule has 0 aromatic heterocycles. The lowest BCUT2D eigenvalue weighted by molar-refractivity contribution is 0.111. The van der Waals surface area contributed by atoms with Crippen LogP contribution >= 0.6 is 0 Å². The number of phenolic OH excluding ortho intramolecular Hbond substituents is 2. The predicted molar refractivity (Wildman–Crippen MR) is 149 cm³/mol. The highest BCUT2D eigenvalue weighted by Crippen LogP contribution is 2.31. The van der Waals surface area contributed by atoms with Crippen molar-refractivity contribution in [2.45, 2.75) is 117 Å². The standard InChI is InChI=1S/C32H46O4/c1-23(2)29-19-25(17-27(21-33)31(29)35)15-13-11-9-7-5-6-8-10-12-14-16-26-18-28(22-34)32(36)30(20-26)24(3)4/h17-24,35-36H,5-16H2,1-4H3. The average molecular weight is 495 g/mol. The third kappa shape index (κ3) is 9.11. The van der Waals surface area contributed by atoms with Gasteiger partial charge in [0, 0.05) is 0 Å². The van der Waals surface area contributed by atoms with E-state index in [4.69, 9.17) is 0 Å². The van der Waals surface area contributed by atoms with E-state index in [1.165, 1.54) is 51.4 Å². The van der Waals surface area contributed by atoms with Crippen molar-refractivity contribution in [3.8, 4) is 11.5 Å². The Kier molecular flexibility index (Phi) is 12.7. The van der Waals surface area contributed by atoms with Gasteiger partial charge in [-0.2, -0.15) is 0 Å². The zero-order chi connectivity index (χ0) is 26.5. The molecule has 0 aliphatic rings. The maximum Gasteiger partial charge on any atom is 0.153 e. The Morgan fingerprint density at radius 1 is 0.556 bits per heavy atom. The van der Waals surface area contributed by atoms with Crippen molar-refractivity contribution in [3.63, 3.8) is 0 Å². The second kappa shape index (κ2) is 15.5. The van der Waals surface area contributed by atoms with Gasteiger partial charge in [-0.15, -0.1) is 0 Å². The molecular weight excluding hydrogens is 448 g/mol. The predicted octanol–water partition coefficient (Wildman–Crippen LogP) is 8.66. The molecule has 4 nitrogen and oxygen atoms in total. The first-order valence-electron chi connectivity index (χ1n) is 13.9. The van der Waals surface area contributed by atoms with Crippen LogP contribution in [0.25, 0.3) is 0 Å². The van der Waals surface area contributed by atoms with Gasteiger partial charge in [0.15, 0.2) is 12.6 Å². The average Bonchev–Trinajstić information content (AvgIpc) is 2.85. The molecule has 0 saturated heterocycles. The molecule has 0 atom stereocenters. The summed E-state index contributed by atoms with van der Waals surface area (Å²) in [6.07, 6.45) is 15.6. The summed E-state index contributed by atoms with van der Waals surface area (Å²) in [6.45, 7) is 8.15. The minimum Gasteiger partial charge on any atom is -0.507 e. The molecule has 0 spiro atoms. The molecule has 36 heavy (non-hydrogen) atoms. The lowest BCUT2D eigenvalue weighted by Gasteiger charge is -2.13. The van der Waals surface area contributed by atoms with Gasteiger partial charge >= 0.3 is 0 Å². The van der Waals surface area contributed by atoms with Crippen molar-refractivity contribution in [1.82, 2.24) is 0 Å². The van der Waals surface area contributed by atoms with Gasteiger partial charge in [-0.3, -0.25) is 9.59 Å². The summed E-state index contributed by atoms with van der Waals surface area (Å²) in [6, 6.07) is 7.78. The quantitative estimate of drug-likeness (QED) is 0.170. The molecule has 4 heteroatoms. The van der Waals surface area contributed by atoms with Crippen LogP contribution < -0.4 is 0 Å². The van der Waals surface area contributed by atoms with Crippen LogP contribution in [0, 0.1) is 0 Å². The van der Waals surface area contributed by atoms with E-state index in [0.717, 1.165) is 60.5 Å². The zero-order valence-electron chi connectivity index (χ0n) is 22.8. The number of carbonyl (C=O) groups excluding carboxylic acids is 2. The molecule has 0 saturated carbocycles. The van der Waals surface area contributed by atoms with Gasteiger partial charge in [0.1, 0.15) is 11.5 Å². The molecule has 0 unspecified atom stereocenters. The number of unbranched alkanes of at least 4 members (excludes halogenated alkanes) is 9. The van der Waals surface area contributed by atoms with Crippen LogP contribution in [-0.4, -0.2) is 22.8 Å². The van der Waals surface area contributed by atoms with E-state index in [9.17, 15) is 19.8 Å². The third-order valence-corrected chi connectivity index (χ3v) is 7.14. The maximum absolute atomic E-state index is 11.3. The van der Waals surface area contributed by atoms with Crippen LogP contribution in [0.2, 0.25) is 0 Å². The van der Waals surface area contributed by atoms with Crippen LogP contribution in [0.5, 0.6) is 11.5 Å². The number of rotatable bonds is 17. The van der Waals surface area contributed by atoms with Gasteiger partial charge in [0.2, 0.25) is 0 Å². The van der Waals surface area contributed by atoms with E-state index in [-0.39, 0.29) is 23.3 Å². The smallest absolute Gasteiger partial charge is 0.153 e. The molecule has 0 fully saturated rings. The fourth-order valence-corrected chi connectivity index (χ4v) is 4.91. The van der Waals surface area contributed by atoms with Gasteiger partial charge in [-0.25, -0.2) is 0 Å². The Labute approximate surface area is 218 Å². The second-order valence-corrected chi connectivity index (χ2v) is 10.8. The fourth-order valence-electron chi connectivity index (χ4n) is 4.91. The normalized spacial score (nSPS) is 11.4. The molecule has 0 radical (unpaired) electrons. The van der Waals surface area contributed by atoms with Gasteiger partial charge in [-0.05, 0) is 71.9 Å². The number of hydrogen-bond donors (Lipinski definition) is 2. The van der Waals surface area contributed by atoms with E-state index in [1.807, 2.05) is 39.8 Å². The molecule has 0 aliphatic heterocycles. The van der Waals surface area contributed by atoms with Gasteiger partial charge in [0.25, 0.3) is 0 Å². The van der Waals surface area contributed by atoms with E-state index in [2.05, 4.69) is 12.1 Å². The van der Waals surface area contributed by atoms with Crippen molar-refractivity contribution in [1.29, 1.82) is 0 Å². The summed E-state index contributed by atoms with van der Waals surface area (Å²) >= 11 is 0. The Morgan fingerprint density at radius 3 is 1.14 bits per heavy atom. The minimum atomic E-state index is 0.136. The number of aromatic hydroxyl groups is 2. The van der Waals surface area contributed by atoms with Crippen molar-refractivity contribution in [2.24, 2.45) is 0 Å². The number of aldehydes is 2. The lowest BCUT2D eigenvalue weighted by Crippen LogP contribution is -1.97. The number of aryl methyl sites for hydroxylation is 2. The SMILES string of the molecule is CC(C)c1cc(CCCCCCCCCCCCc2cc(C=O)c(O)c(C(C)C)c2)cc(C=O)c1O. The number of phenols is 2. The first-order chi connectivity index (χ1) is 17.3. The van der Waals surface area contributed by atoms with Crippen LogP contribution in [0.3, 0.4) is 0 Å². The molecule has 0 aliphatic carbocycles. The van der Waals surface area contributed by atoms with Crippen LogP contribution in [0.4, 0.5) is 0 Å². The lowest BCUT2D eigenvalue weighted by atomic mass is 9.94. The van der Waals surface area contributed by atoms with E-state index in [1.54, 1.807) is 0 Å². The maximum atomic E-state index is 11.3. The highest BCUT2D eigenvalue weighted by molar-refractivity contribution is 5.81. The number of hydrogen-bond acceptors (Lipinski definition) is 4. The topological polar surface area (TPSA) is 74.6 Å². The highest BCUT2D eigenvalue weighted by Gasteiger charge is 2.13. The zero-order valence-corrected chi connectivity index (χ0v) is 22.8. The van der Waals surface area contributed by atoms with Crippen molar-refractivity contribution < 1.29 is 19.8 Å². The van der Waals surface area contributed by atoms with Crippen molar-refractivity contribution >= 4 is 12.6 Å². The van der Waals surface area contributed by atoms with E-state index >= 15 is 0 Å². The summed E-state index contributed by atoms with van der Waals surface area (Å²) < 4.78 is 0. The van der Waals surface area contributed by atoms with Gasteiger partial charge < -0.3 is 10.2 Å². The summed E-state index contributed by atoms with van der Waals surface area (Å²) in [5, 5.41) is 20.4. The Bertz CT molecular complexity index is 895. The second-order valence-electron chi connectivity index (χ2n) is 10.8. The first kappa shape index (κ1) is 29.6. The van der Waals surface area contributed by atoms with Crippen LogP contribution in [0.15, 0.2) is 24.3 Å². The van der Waals surface area contributed by atoms with E-state index in [0.29, 0.717) is 11.1 Å². The third-order valence-electron chi connectivity index (χ3n) is 7.14. The Hall–Kier alpha value is -2.62. The highest BCUT2D eigenvalue weighted by atomic mass is 16.3. The van der Waals surface area contributed by atoms with Gasteiger partial charge in [-0.1, -0.05) is 91.2 Å². The van der Waals surface area contributed by atoms with E-state index < -0.39 is 0 Å². The number of benzene rings is 2. The Balaban J connectivity index is 1.56. The molecule has 0 bridgehead atoms. The molecule has 2 aromatic rings. The number of carbonyl (C=O) groups is 2. The first-order valence-corrected chi connectivity index (χ1v) is 13.9. The fraction of sp³-hybridized carbons (Fsp3) is 0.562. The molecule has 2 aromatic carbocycles.